The molecule has 110 valence electrons. The zero-order valence-electron chi connectivity index (χ0n) is 12.6. The summed E-state index contributed by atoms with van der Waals surface area (Å²) in [6.45, 7) is 8.30. The van der Waals surface area contributed by atoms with Crippen molar-refractivity contribution in [3.8, 4) is 0 Å². The molecule has 0 aliphatic carbocycles. The van der Waals surface area contributed by atoms with E-state index in [2.05, 4.69) is 15.3 Å². The van der Waals surface area contributed by atoms with Crippen LogP contribution >= 0.6 is 0 Å². The van der Waals surface area contributed by atoms with E-state index in [1.54, 1.807) is 11.1 Å². The molecule has 1 aromatic heterocycles. The molecule has 1 atom stereocenters. The van der Waals surface area contributed by atoms with Crippen molar-refractivity contribution < 1.29 is 4.79 Å². The van der Waals surface area contributed by atoms with Gasteiger partial charge in [0.1, 0.15) is 5.82 Å². The van der Waals surface area contributed by atoms with Crippen molar-refractivity contribution in [3.63, 3.8) is 0 Å². The molecule has 1 saturated heterocycles. The van der Waals surface area contributed by atoms with Gasteiger partial charge in [-0.15, -0.1) is 0 Å². The fourth-order valence-electron chi connectivity index (χ4n) is 2.62. The van der Waals surface area contributed by atoms with Crippen LogP contribution in [0.5, 0.6) is 0 Å². The van der Waals surface area contributed by atoms with Crippen molar-refractivity contribution >= 4 is 5.91 Å². The lowest BCUT2D eigenvalue weighted by molar-refractivity contribution is 0.0771. The van der Waals surface area contributed by atoms with E-state index in [0.717, 1.165) is 24.5 Å². The molecule has 0 radical (unpaired) electrons. The van der Waals surface area contributed by atoms with Gasteiger partial charge in [-0.3, -0.25) is 4.79 Å². The van der Waals surface area contributed by atoms with Crippen LogP contribution in [-0.4, -0.2) is 40.4 Å². The number of amides is 1. The molecule has 1 aliphatic rings. The predicted octanol–water partition coefficient (Wildman–Crippen LogP) is 2.08. The number of rotatable bonds is 4. The third kappa shape index (κ3) is 3.15. The highest BCUT2D eigenvalue weighted by Crippen LogP contribution is 2.20. The maximum atomic E-state index is 12.3. The molecule has 5 heteroatoms. The first-order chi connectivity index (χ1) is 9.67. The first-order valence-electron chi connectivity index (χ1n) is 7.53. The Kier molecular flexibility index (Phi) is 5.06. The summed E-state index contributed by atoms with van der Waals surface area (Å²) >= 11 is 0. The summed E-state index contributed by atoms with van der Waals surface area (Å²) in [6.07, 6.45) is 5.19. The van der Waals surface area contributed by atoms with Crippen LogP contribution in [0.15, 0.2) is 6.20 Å². The summed E-state index contributed by atoms with van der Waals surface area (Å²) in [7, 11) is 0. The molecule has 1 aliphatic heterocycles. The van der Waals surface area contributed by atoms with Gasteiger partial charge in [0.15, 0.2) is 0 Å². The van der Waals surface area contributed by atoms with E-state index in [1.165, 1.54) is 12.8 Å². The van der Waals surface area contributed by atoms with Crippen LogP contribution in [0.1, 0.15) is 61.0 Å². The number of hydrogen-bond acceptors (Lipinski definition) is 4. The first-order valence-corrected chi connectivity index (χ1v) is 7.53. The zero-order chi connectivity index (χ0) is 14.5. The number of nitrogens with one attached hydrogen (secondary N) is 1. The fraction of sp³-hybridized carbons (Fsp3) is 0.667. The molecule has 1 unspecified atom stereocenters. The first kappa shape index (κ1) is 14.9. The van der Waals surface area contributed by atoms with Crippen molar-refractivity contribution in [2.24, 2.45) is 0 Å². The van der Waals surface area contributed by atoms with Crippen molar-refractivity contribution in [1.29, 1.82) is 0 Å². The maximum Gasteiger partial charge on any atom is 0.257 e. The highest BCUT2D eigenvalue weighted by molar-refractivity contribution is 5.94. The molecule has 1 N–H and O–H groups in total. The molecule has 1 fully saturated rings. The van der Waals surface area contributed by atoms with E-state index in [4.69, 9.17) is 0 Å². The van der Waals surface area contributed by atoms with Gasteiger partial charge in [0, 0.05) is 19.3 Å². The Labute approximate surface area is 120 Å². The highest BCUT2D eigenvalue weighted by Gasteiger charge is 2.21. The Hall–Kier alpha value is -1.49. The largest absolute Gasteiger partial charge is 0.339 e. The number of carbonyl (C=O) groups is 1. The number of piperidine rings is 1. The van der Waals surface area contributed by atoms with Crippen molar-refractivity contribution in [1.82, 2.24) is 20.2 Å². The molecule has 0 bridgehead atoms. The molecule has 5 nitrogen and oxygen atoms in total. The normalized spacial score (nSPS) is 18.9. The lowest BCUT2D eigenvalue weighted by Crippen LogP contribution is -2.32. The third-order valence-corrected chi connectivity index (χ3v) is 3.90. The fourth-order valence-corrected chi connectivity index (χ4v) is 2.62. The molecular formula is C15H24N4O. The van der Waals surface area contributed by atoms with Gasteiger partial charge in [-0.05, 0) is 40.2 Å². The molecule has 1 aromatic rings. The lowest BCUT2D eigenvalue weighted by atomic mass is 10.0. The Bertz CT molecular complexity index is 465. The van der Waals surface area contributed by atoms with Gasteiger partial charge in [-0.2, -0.15) is 0 Å². The predicted molar refractivity (Wildman–Crippen MR) is 78.6 cm³/mol. The number of carbonyl (C=O) groups excluding carboxylic acids is 1. The number of aryl methyl sites for hydroxylation is 1. The topological polar surface area (TPSA) is 58.1 Å². The average molecular weight is 276 g/mol. The van der Waals surface area contributed by atoms with Gasteiger partial charge >= 0.3 is 0 Å². The lowest BCUT2D eigenvalue weighted by Gasteiger charge is -2.23. The molecule has 0 saturated carbocycles. The van der Waals surface area contributed by atoms with Gasteiger partial charge in [-0.25, -0.2) is 9.97 Å². The smallest absolute Gasteiger partial charge is 0.257 e. The van der Waals surface area contributed by atoms with Crippen LogP contribution in [0, 0.1) is 6.92 Å². The molecule has 2 rings (SSSR count). The number of aromatic nitrogens is 2. The Morgan fingerprint density at radius 3 is 2.70 bits per heavy atom. The van der Waals surface area contributed by atoms with Crippen LogP contribution < -0.4 is 5.32 Å². The van der Waals surface area contributed by atoms with E-state index in [1.807, 2.05) is 20.8 Å². The molecule has 2 heterocycles. The minimum atomic E-state index is 0.0238. The SMILES string of the molecule is CCN(CC)C(=O)c1cnc(C2CCCCN2)nc1C. The standard InChI is InChI=1S/C15H24N4O/c1-4-19(5-2)15(20)12-10-17-14(18-11(12)3)13-8-6-7-9-16-13/h10,13,16H,4-9H2,1-3H3. The van der Waals surface area contributed by atoms with Crippen LogP contribution in [0.2, 0.25) is 0 Å². The zero-order valence-corrected chi connectivity index (χ0v) is 12.6. The van der Waals surface area contributed by atoms with E-state index in [9.17, 15) is 4.79 Å². The molecule has 20 heavy (non-hydrogen) atoms. The van der Waals surface area contributed by atoms with Crippen LogP contribution in [-0.2, 0) is 0 Å². The highest BCUT2D eigenvalue weighted by atomic mass is 16.2. The van der Waals surface area contributed by atoms with Crippen molar-refractivity contribution in [2.75, 3.05) is 19.6 Å². The van der Waals surface area contributed by atoms with E-state index in [0.29, 0.717) is 18.7 Å². The Morgan fingerprint density at radius 1 is 1.40 bits per heavy atom. The number of hydrogen-bond donors (Lipinski definition) is 1. The summed E-state index contributed by atoms with van der Waals surface area (Å²) in [6, 6.07) is 0.236. The van der Waals surface area contributed by atoms with Crippen LogP contribution in [0.4, 0.5) is 0 Å². The van der Waals surface area contributed by atoms with Gasteiger partial charge in [0.05, 0.1) is 17.3 Å². The van der Waals surface area contributed by atoms with Gasteiger partial charge in [0.25, 0.3) is 5.91 Å². The van der Waals surface area contributed by atoms with Gasteiger partial charge in [0.2, 0.25) is 0 Å². The summed E-state index contributed by atoms with van der Waals surface area (Å²) in [5.41, 5.74) is 1.40. The van der Waals surface area contributed by atoms with Crippen LogP contribution in [0.25, 0.3) is 0 Å². The second kappa shape index (κ2) is 6.79. The minimum Gasteiger partial charge on any atom is -0.339 e. The summed E-state index contributed by atoms with van der Waals surface area (Å²) in [5.74, 6) is 0.842. The van der Waals surface area contributed by atoms with Crippen molar-refractivity contribution in [2.45, 2.75) is 46.1 Å². The van der Waals surface area contributed by atoms with E-state index >= 15 is 0 Å². The molecular weight excluding hydrogens is 252 g/mol. The van der Waals surface area contributed by atoms with Gasteiger partial charge < -0.3 is 10.2 Å². The molecule has 1 amide bonds. The maximum absolute atomic E-state index is 12.3. The molecule has 0 aromatic carbocycles. The summed E-state index contributed by atoms with van der Waals surface area (Å²) in [5, 5.41) is 3.44. The van der Waals surface area contributed by atoms with Gasteiger partial charge in [-0.1, -0.05) is 6.42 Å². The quantitative estimate of drug-likeness (QED) is 0.914. The van der Waals surface area contributed by atoms with Crippen LogP contribution in [0.3, 0.4) is 0 Å². The minimum absolute atomic E-state index is 0.0238. The van der Waals surface area contributed by atoms with E-state index < -0.39 is 0 Å². The summed E-state index contributed by atoms with van der Waals surface area (Å²) in [4.78, 5) is 23.1. The summed E-state index contributed by atoms with van der Waals surface area (Å²) < 4.78 is 0. The average Bonchev–Trinajstić information content (AvgIpc) is 2.49. The third-order valence-electron chi connectivity index (χ3n) is 3.90. The second-order valence-corrected chi connectivity index (χ2v) is 5.21. The monoisotopic (exact) mass is 276 g/mol. The Balaban J connectivity index is 2.18. The molecule has 0 spiro atoms. The Morgan fingerprint density at radius 2 is 2.15 bits per heavy atom. The van der Waals surface area contributed by atoms with E-state index in [-0.39, 0.29) is 11.9 Å². The number of nitrogens with zero attached hydrogens (tertiary/aromatic N) is 3. The second-order valence-electron chi connectivity index (χ2n) is 5.21. The van der Waals surface area contributed by atoms with Crippen molar-refractivity contribution in [3.05, 3.63) is 23.3 Å².